The monoisotopic (exact) mass is 586 g/mol. The summed E-state index contributed by atoms with van der Waals surface area (Å²) in [5, 5.41) is 4.93. The predicted molar refractivity (Wildman–Crippen MR) is 153 cm³/mol. The maximum absolute atomic E-state index is 13.4. The smallest absolute Gasteiger partial charge is 0.264 e. The van der Waals surface area contributed by atoms with Gasteiger partial charge in [-0.15, -0.1) is 0 Å². The molecule has 7 nitrogen and oxygen atoms in total. The number of anilines is 1. The minimum absolute atomic E-state index is 0.143. The minimum atomic E-state index is -4.17. The fraction of sp³-hybridized carbons (Fsp3) is 0.143. The Balaban J connectivity index is 1.55. The minimum Gasteiger partial charge on any atom is -0.318 e. The summed E-state index contributed by atoms with van der Waals surface area (Å²) in [7, 11) is -4.17. The molecular formula is C28H25Cl2FN4O3S. The number of carbonyl (C=O) groups is 1. The lowest BCUT2D eigenvalue weighted by Gasteiger charge is -2.23. The molecule has 0 unspecified atom stereocenters. The summed E-state index contributed by atoms with van der Waals surface area (Å²) in [6.07, 6.45) is 1.49. The normalized spacial score (nSPS) is 11.6. The van der Waals surface area contributed by atoms with Crippen molar-refractivity contribution in [2.75, 3.05) is 10.8 Å². The zero-order valence-electron chi connectivity index (χ0n) is 21.3. The summed E-state index contributed by atoms with van der Waals surface area (Å²) in [6.45, 7) is 5.14. The van der Waals surface area contributed by atoms with Crippen molar-refractivity contribution in [3.05, 3.63) is 111 Å². The second-order valence-electron chi connectivity index (χ2n) is 8.85. The third kappa shape index (κ3) is 6.33. The number of benzene rings is 3. The van der Waals surface area contributed by atoms with Crippen molar-refractivity contribution < 1.29 is 17.6 Å². The van der Waals surface area contributed by atoms with Gasteiger partial charge in [-0.1, -0.05) is 40.9 Å². The first-order valence-electron chi connectivity index (χ1n) is 11.8. The molecule has 1 amide bonds. The maximum atomic E-state index is 13.4. The molecule has 0 saturated heterocycles. The van der Waals surface area contributed by atoms with Crippen LogP contribution >= 0.6 is 23.2 Å². The first-order chi connectivity index (χ1) is 18.5. The van der Waals surface area contributed by atoms with Crippen LogP contribution in [0.4, 0.5) is 10.1 Å². The van der Waals surface area contributed by atoms with Crippen molar-refractivity contribution in [1.82, 2.24) is 9.99 Å². The van der Waals surface area contributed by atoms with Crippen LogP contribution in [-0.4, -0.2) is 31.7 Å². The Bertz CT molecular complexity index is 1650. The molecule has 0 aliphatic rings. The molecule has 39 heavy (non-hydrogen) atoms. The van der Waals surface area contributed by atoms with Gasteiger partial charge in [0.05, 0.1) is 26.8 Å². The predicted octanol–water partition coefficient (Wildman–Crippen LogP) is 6.19. The Morgan fingerprint density at radius 2 is 1.64 bits per heavy atom. The van der Waals surface area contributed by atoms with Gasteiger partial charge in [0.1, 0.15) is 12.4 Å². The van der Waals surface area contributed by atoms with E-state index in [1.807, 2.05) is 37.5 Å². The van der Waals surface area contributed by atoms with Gasteiger partial charge in [0.15, 0.2) is 0 Å². The molecule has 202 valence electrons. The van der Waals surface area contributed by atoms with Crippen molar-refractivity contribution in [3.8, 4) is 5.69 Å². The third-order valence-electron chi connectivity index (χ3n) is 6.04. The summed E-state index contributed by atoms with van der Waals surface area (Å²) < 4.78 is 43.1. The lowest BCUT2D eigenvalue weighted by Crippen LogP contribution is -2.39. The Morgan fingerprint density at radius 3 is 2.28 bits per heavy atom. The molecule has 0 radical (unpaired) electrons. The summed E-state index contributed by atoms with van der Waals surface area (Å²) in [6, 6.07) is 18.3. The highest BCUT2D eigenvalue weighted by molar-refractivity contribution is 7.92. The number of aromatic nitrogens is 1. The number of nitrogens with one attached hydrogen (secondary N) is 1. The summed E-state index contributed by atoms with van der Waals surface area (Å²) in [5.74, 6) is -1.22. The number of halogens is 3. The number of hydrogen-bond donors (Lipinski definition) is 1. The first-order valence-corrected chi connectivity index (χ1v) is 14.0. The molecule has 1 N–H and O–H groups in total. The van der Waals surface area contributed by atoms with E-state index in [9.17, 15) is 17.6 Å². The zero-order chi connectivity index (χ0) is 28.3. The molecular weight excluding hydrogens is 562 g/mol. The summed E-state index contributed by atoms with van der Waals surface area (Å²) >= 11 is 12.2. The van der Waals surface area contributed by atoms with E-state index in [1.54, 1.807) is 36.4 Å². The van der Waals surface area contributed by atoms with Crippen LogP contribution in [0.1, 0.15) is 22.5 Å². The molecule has 0 saturated carbocycles. The van der Waals surface area contributed by atoms with Crippen molar-refractivity contribution in [2.45, 2.75) is 25.7 Å². The van der Waals surface area contributed by atoms with Gasteiger partial charge in [0.2, 0.25) is 0 Å². The van der Waals surface area contributed by atoms with Gasteiger partial charge in [-0.2, -0.15) is 5.10 Å². The average Bonchev–Trinajstić information content (AvgIpc) is 3.17. The molecule has 0 spiro atoms. The van der Waals surface area contributed by atoms with Crippen LogP contribution in [-0.2, 0) is 14.8 Å². The molecule has 0 atom stereocenters. The van der Waals surface area contributed by atoms with E-state index in [1.165, 1.54) is 6.21 Å². The molecule has 0 aliphatic heterocycles. The number of aryl methyl sites for hydroxylation is 2. The molecule has 1 aromatic heterocycles. The number of carbonyl (C=O) groups excluding carboxylic acids is 1. The highest BCUT2D eigenvalue weighted by Crippen LogP contribution is 2.27. The van der Waals surface area contributed by atoms with Gasteiger partial charge < -0.3 is 4.57 Å². The molecule has 0 fully saturated rings. The van der Waals surface area contributed by atoms with Crippen molar-refractivity contribution in [1.29, 1.82) is 0 Å². The highest BCUT2D eigenvalue weighted by atomic mass is 35.5. The second-order valence-corrected chi connectivity index (χ2v) is 11.5. The van der Waals surface area contributed by atoms with Gasteiger partial charge in [-0.05, 0) is 81.4 Å². The Hall–Kier alpha value is -3.66. The van der Waals surface area contributed by atoms with Crippen LogP contribution < -0.4 is 9.73 Å². The molecule has 0 aliphatic carbocycles. The van der Waals surface area contributed by atoms with Crippen LogP contribution in [0.3, 0.4) is 0 Å². The standard InChI is InChI=1S/C28H25Cl2FN4O3S/c1-18-4-8-23(9-5-18)34(39(37,38)25-11-6-22(31)7-12-25)17-28(36)33-32-16-21-14-19(2)35(20(21)3)24-10-13-26(29)27(30)15-24/h4-16H,17H2,1-3H3,(H,33,36)/b32-16-. The van der Waals surface area contributed by atoms with Crippen LogP contribution in [0, 0.1) is 26.6 Å². The quantitative estimate of drug-likeness (QED) is 0.197. The van der Waals surface area contributed by atoms with Gasteiger partial charge in [0, 0.05) is 22.6 Å². The Labute approximate surface area is 236 Å². The van der Waals surface area contributed by atoms with E-state index in [0.717, 1.165) is 56.8 Å². The van der Waals surface area contributed by atoms with Crippen molar-refractivity contribution in [3.63, 3.8) is 0 Å². The summed E-state index contributed by atoms with van der Waals surface area (Å²) in [4.78, 5) is 12.7. The molecule has 4 aromatic rings. The molecule has 3 aromatic carbocycles. The number of hydrogen-bond acceptors (Lipinski definition) is 4. The van der Waals surface area contributed by atoms with Gasteiger partial charge in [-0.3, -0.25) is 9.10 Å². The zero-order valence-corrected chi connectivity index (χ0v) is 23.6. The fourth-order valence-corrected chi connectivity index (χ4v) is 5.75. The van der Waals surface area contributed by atoms with Gasteiger partial charge >= 0.3 is 0 Å². The lowest BCUT2D eigenvalue weighted by molar-refractivity contribution is -0.119. The first kappa shape index (κ1) is 28.4. The highest BCUT2D eigenvalue weighted by Gasteiger charge is 2.27. The Kier molecular flexibility index (Phi) is 8.44. The van der Waals surface area contributed by atoms with Crippen LogP contribution in [0.5, 0.6) is 0 Å². The SMILES string of the molecule is Cc1ccc(N(CC(=O)N/N=C\c2cc(C)n(-c3ccc(Cl)c(Cl)c3)c2C)S(=O)(=O)c2ccc(F)cc2)cc1. The van der Waals surface area contributed by atoms with E-state index in [0.29, 0.717) is 10.0 Å². The van der Waals surface area contributed by atoms with E-state index < -0.39 is 28.3 Å². The lowest BCUT2D eigenvalue weighted by atomic mass is 10.2. The molecule has 0 bridgehead atoms. The third-order valence-corrected chi connectivity index (χ3v) is 8.56. The van der Waals surface area contributed by atoms with E-state index in [-0.39, 0.29) is 10.6 Å². The fourth-order valence-electron chi connectivity index (χ4n) is 4.04. The number of rotatable bonds is 8. The van der Waals surface area contributed by atoms with Crippen molar-refractivity contribution in [2.24, 2.45) is 5.10 Å². The molecule has 11 heteroatoms. The summed E-state index contributed by atoms with van der Waals surface area (Å²) in [5.41, 5.74) is 6.94. The topological polar surface area (TPSA) is 83.8 Å². The number of nitrogens with zero attached hydrogens (tertiary/aromatic N) is 3. The van der Waals surface area contributed by atoms with E-state index in [4.69, 9.17) is 23.2 Å². The van der Waals surface area contributed by atoms with Gasteiger partial charge in [-0.25, -0.2) is 18.2 Å². The van der Waals surface area contributed by atoms with Crippen LogP contribution in [0.2, 0.25) is 10.0 Å². The second kappa shape index (κ2) is 11.6. The van der Waals surface area contributed by atoms with E-state index >= 15 is 0 Å². The maximum Gasteiger partial charge on any atom is 0.264 e. The number of amides is 1. The number of hydrazone groups is 1. The Morgan fingerprint density at radius 1 is 0.974 bits per heavy atom. The average molecular weight is 588 g/mol. The van der Waals surface area contributed by atoms with Crippen LogP contribution in [0.15, 0.2) is 82.8 Å². The van der Waals surface area contributed by atoms with Gasteiger partial charge in [0.25, 0.3) is 15.9 Å². The van der Waals surface area contributed by atoms with Crippen LogP contribution in [0.25, 0.3) is 5.69 Å². The molecule has 4 rings (SSSR count). The molecule has 1 heterocycles. The van der Waals surface area contributed by atoms with Crippen molar-refractivity contribution >= 4 is 51.0 Å². The number of sulfonamides is 1. The largest absolute Gasteiger partial charge is 0.318 e. The van der Waals surface area contributed by atoms with E-state index in [2.05, 4.69) is 10.5 Å².